The number of hydrogen-bond acceptors (Lipinski definition) is 8. The summed E-state index contributed by atoms with van der Waals surface area (Å²) < 4.78 is 32.9. The minimum Gasteiger partial charge on any atom is -0.400 e. The van der Waals surface area contributed by atoms with Crippen molar-refractivity contribution in [3.8, 4) is 11.7 Å². The van der Waals surface area contributed by atoms with Crippen LogP contribution in [0.5, 0.6) is 0 Å². The van der Waals surface area contributed by atoms with E-state index < -0.39 is 9.84 Å². The number of aromatic nitrogens is 3. The second-order valence-electron chi connectivity index (χ2n) is 4.93. The molecule has 0 unspecified atom stereocenters. The first-order valence-electron chi connectivity index (χ1n) is 6.75. The number of anilines is 1. The van der Waals surface area contributed by atoms with Gasteiger partial charge in [0.2, 0.25) is 11.7 Å². The maximum atomic E-state index is 12.0. The molecule has 0 atom stereocenters. The number of benzene rings is 1. The second kappa shape index (κ2) is 6.24. The monoisotopic (exact) mass is 348 g/mol. The van der Waals surface area contributed by atoms with Gasteiger partial charge in [-0.1, -0.05) is 22.4 Å². The lowest BCUT2D eigenvalue weighted by atomic mass is 10.1. The number of amides is 1. The van der Waals surface area contributed by atoms with Crippen molar-refractivity contribution in [2.75, 3.05) is 11.6 Å². The fourth-order valence-electron chi connectivity index (χ4n) is 1.90. The summed E-state index contributed by atoms with van der Waals surface area (Å²) in [4.78, 5) is 12.2. The van der Waals surface area contributed by atoms with E-state index in [1.807, 2.05) is 0 Å². The maximum Gasteiger partial charge on any atom is 0.322 e. The molecule has 0 spiro atoms. The normalized spacial score (nSPS) is 11.4. The molecule has 0 radical (unpaired) electrons. The zero-order valence-corrected chi connectivity index (χ0v) is 13.3. The largest absolute Gasteiger partial charge is 0.400 e. The molecule has 2 aromatic heterocycles. The Morgan fingerprint density at radius 1 is 1.17 bits per heavy atom. The molecule has 124 valence electrons. The Labute approximate surface area is 136 Å². The fourth-order valence-corrected chi connectivity index (χ4v) is 2.53. The van der Waals surface area contributed by atoms with Crippen LogP contribution >= 0.6 is 0 Å². The highest BCUT2D eigenvalue weighted by Gasteiger charge is 2.14. The Morgan fingerprint density at radius 3 is 2.54 bits per heavy atom. The van der Waals surface area contributed by atoms with Crippen LogP contribution in [0.25, 0.3) is 11.7 Å². The van der Waals surface area contributed by atoms with Crippen LogP contribution < -0.4 is 5.32 Å². The molecular weight excluding hydrogens is 336 g/mol. The minimum atomic E-state index is -3.26. The lowest BCUT2D eigenvalue weighted by Crippen LogP contribution is -2.14. The van der Waals surface area contributed by atoms with Crippen LogP contribution in [0.3, 0.4) is 0 Å². The SMILES string of the molecule is CS(=O)(=O)c1ccc(CC(=O)Nc2nnc(-c3ccno3)o2)cc1. The summed E-state index contributed by atoms with van der Waals surface area (Å²) >= 11 is 0. The summed E-state index contributed by atoms with van der Waals surface area (Å²) in [5, 5.41) is 13.4. The van der Waals surface area contributed by atoms with Gasteiger partial charge in [-0.15, -0.1) is 5.10 Å². The molecule has 3 rings (SSSR count). The summed E-state index contributed by atoms with van der Waals surface area (Å²) in [6.45, 7) is 0. The quantitative estimate of drug-likeness (QED) is 0.731. The van der Waals surface area contributed by atoms with Crippen molar-refractivity contribution in [2.24, 2.45) is 0 Å². The molecule has 0 saturated heterocycles. The van der Waals surface area contributed by atoms with Gasteiger partial charge in [0.05, 0.1) is 17.5 Å². The molecule has 1 amide bonds. The molecule has 0 aliphatic rings. The van der Waals surface area contributed by atoms with Crippen LogP contribution in [-0.2, 0) is 21.1 Å². The third-order valence-electron chi connectivity index (χ3n) is 3.04. The van der Waals surface area contributed by atoms with Crippen LogP contribution in [0.1, 0.15) is 5.56 Å². The van der Waals surface area contributed by atoms with Gasteiger partial charge < -0.3 is 8.94 Å². The van der Waals surface area contributed by atoms with Gasteiger partial charge in [-0.3, -0.25) is 10.1 Å². The van der Waals surface area contributed by atoms with E-state index in [2.05, 4.69) is 20.7 Å². The summed E-state index contributed by atoms with van der Waals surface area (Å²) in [5.41, 5.74) is 0.648. The molecule has 9 nitrogen and oxygen atoms in total. The van der Waals surface area contributed by atoms with Crippen molar-refractivity contribution >= 4 is 21.8 Å². The van der Waals surface area contributed by atoms with Crippen LogP contribution in [0, 0.1) is 0 Å². The Balaban J connectivity index is 1.64. The Morgan fingerprint density at radius 2 is 1.92 bits per heavy atom. The number of carbonyl (C=O) groups excluding carboxylic acids is 1. The van der Waals surface area contributed by atoms with Gasteiger partial charge in [0.1, 0.15) is 0 Å². The van der Waals surface area contributed by atoms with Crippen LogP contribution in [-0.4, -0.2) is 35.9 Å². The number of nitrogens with zero attached hydrogens (tertiary/aromatic N) is 3. The van der Waals surface area contributed by atoms with Crippen molar-refractivity contribution in [1.82, 2.24) is 15.4 Å². The molecule has 1 aromatic carbocycles. The molecule has 10 heteroatoms. The Hall–Kier alpha value is -3.01. The van der Waals surface area contributed by atoms with E-state index in [1.165, 1.54) is 18.3 Å². The zero-order valence-electron chi connectivity index (χ0n) is 12.5. The summed E-state index contributed by atoms with van der Waals surface area (Å²) in [7, 11) is -3.26. The van der Waals surface area contributed by atoms with E-state index in [-0.39, 0.29) is 29.1 Å². The third kappa shape index (κ3) is 3.66. The maximum absolute atomic E-state index is 12.0. The summed E-state index contributed by atoms with van der Waals surface area (Å²) in [6.07, 6.45) is 2.58. The van der Waals surface area contributed by atoms with Crippen molar-refractivity contribution in [3.63, 3.8) is 0 Å². The van der Waals surface area contributed by atoms with Crippen LogP contribution in [0.4, 0.5) is 6.01 Å². The highest BCUT2D eigenvalue weighted by atomic mass is 32.2. The predicted octanol–water partition coefficient (Wildman–Crippen LogP) is 1.31. The Kier molecular flexibility index (Phi) is 4.13. The molecule has 3 aromatic rings. The van der Waals surface area contributed by atoms with Crippen molar-refractivity contribution < 1.29 is 22.2 Å². The third-order valence-corrected chi connectivity index (χ3v) is 4.16. The smallest absolute Gasteiger partial charge is 0.322 e. The van der Waals surface area contributed by atoms with Gasteiger partial charge in [0.15, 0.2) is 9.84 Å². The predicted molar refractivity (Wildman–Crippen MR) is 81.7 cm³/mol. The fraction of sp³-hybridized carbons (Fsp3) is 0.143. The van der Waals surface area contributed by atoms with Gasteiger partial charge in [0.25, 0.3) is 5.89 Å². The van der Waals surface area contributed by atoms with Crippen molar-refractivity contribution in [3.05, 3.63) is 42.1 Å². The lowest BCUT2D eigenvalue weighted by Gasteiger charge is -2.02. The lowest BCUT2D eigenvalue weighted by molar-refractivity contribution is -0.115. The summed E-state index contributed by atoms with van der Waals surface area (Å²) in [5.74, 6) is 0.00884. The molecule has 1 N–H and O–H groups in total. The van der Waals surface area contributed by atoms with Gasteiger partial charge in [-0.05, 0) is 17.7 Å². The average molecular weight is 348 g/mol. The highest BCUT2D eigenvalue weighted by Crippen LogP contribution is 2.19. The molecule has 0 aliphatic heterocycles. The number of hydrogen-bond donors (Lipinski definition) is 1. The van der Waals surface area contributed by atoms with Gasteiger partial charge in [-0.25, -0.2) is 8.42 Å². The van der Waals surface area contributed by atoms with E-state index in [4.69, 9.17) is 8.94 Å². The second-order valence-corrected chi connectivity index (χ2v) is 6.95. The van der Waals surface area contributed by atoms with Crippen molar-refractivity contribution in [2.45, 2.75) is 11.3 Å². The van der Waals surface area contributed by atoms with Crippen molar-refractivity contribution in [1.29, 1.82) is 0 Å². The molecular formula is C14H12N4O5S. The number of carbonyl (C=O) groups is 1. The highest BCUT2D eigenvalue weighted by molar-refractivity contribution is 7.90. The first-order valence-corrected chi connectivity index (χ1v) is 8.64. The standard InChI is InChI=1S/C14H12N4O5S/c1-24(20,21)10-4-2-9(3-5-10)8-12(19)16-14-18-17-13(22-14)11-6-7-15-23-11/h2-7H,8H2,1H3,(H,16,18,19). The van der Waals surface area contributed by atoms with E-state index in [1.54, 1.807) is 18.2 Å². The average Bonchev–Trinajstić information content (AvgIpc) is 3.17. The number of nitrogens with one attached hydrogen (secondary N) is 1. The van der Waals surface area contributed by atoms with E-state index in [0.29, 0.717) is 11.3 Å². The molecule has 0 aliphatic carbocycles. The number of rotatable bonds is 5. The zero-order chi connectivity index (χ0) is 17.2. The van der Waals surface area contributed by atoms with E-state index in [0.717, 1.165) is 6.26 Å². The molecule has 2 heterocycles. The minimum absolute atomic E-state index is 0.0318. The van der Waals surface area contributed by atoms with Gasteiger partial charge in [0, 0.05) is 12.3 Å². The molecule has 0 bridgehead atoms. The summed E-state index contributed by atoms with van der Waals surface area (Å²) in [6, 6.07) is 7.52. The molecule has 0 saturated carbocycles. The first-order chi connectivity index (χ1) is 11.4. The van der Waals surface area contributed by atoms with E-state index >= 15 is 0 Å². The Bertz CT molecular complexity index is 945. The molecule has 24 heavy (non-hydrogen) atoms. The molecule has 0 fully saturated rings. The van der Waals surface area contributed by atoms with Crippen LogP contribution in [0.15, 0.2) is 50.4 Å². The van der Waals surface area contributed by atoms with Crippen LogP contribution in [0.2, 0.25) is 0 Å². The van der Waals surface area contributed by atoms with E-state index in [9.17, 15) is 13.2 Å². The number of sulfone groups is 1. The topological polar surface area (TPSA) is 128 Å². The van der Waals surface area contributed by atoms with Gasteiger partial charge >= 0.3 is 6.01 Å². The van der Waals surface area contributed by atoms with Gasteiger partial charge in [-0.2, -0.15) is 0 Å². The first kappa shape index (κ1) is 15.9.